The zero-order valence-corrected chi connectivity index (χ0v) is 10.7. The third kappa shape index (κ3) is 1.77. The average Bonchev–Trinajstić information content (AvgIpc) is 2.82. The van der Waals surface area contributed by atoms with Gasteiger partial charge in [0.05, 0.1) is 11.7 Å². The van der Waals surface area contributed by atoms with Crippen molar-refractivity contribution in [3.63, 3.8) is 0 Å². The van der Waals surface area contributed by atoms with Crippen molar-refractivity contribution >= 4 is 22.5 Å². The Morgan fingerprint density at radius 2 is 2.00 bits per heavy atom. The Bertz CT molecular complexity index is 703. The van der Waals surface area contributed by atoms with Gasteiger partial charge in [0.1, 0.15) is 0 Å². The first-order valence-corrected chi connectivity index (χ1v) is 6.28. The number of alkyl halides is 1. The molecule has 18 heavy (non-hydrogen) atoms. The van der Waals surface area contributed by atoms with Gasteiger partial charge in [0.2, 0.25) is 0 Å². The topological polar surface area (TPSA) is 30.7 Å². The van der Waals surface area contributed by atoms with Crippen molar-refractivity contribution < 1.29 is 0 Å². The lowest BCUT2D eigenvalue weighted by atomic mass is 10.2. The molecule has 90 valence electrons. The maximum atomic E-state index is 5.84. The predicted molar refractivity (Wildman–Crippen MR) is 73.2 cm³/mol. The predicted octanol–water partition coefficient (Wildman–Crippen LogP) is 3.47. The molecule has 0 aliphatic heterocycles. The Hall–Kier alpha value is -1.87. The minimum absolute atomic E-state index is 0.485. The summed E-state index contributed by atoms with van der Waals surface area (Å²) in [5.41, 5.74) is 3.06. The lowest BCUT2D eigenvalue weighted by Gasteiger charge is -2.06. The zero-order valence-electron chi connectivity index (χ0n) is 9.97. The number of hydrogen-bond donors (Lipinski definition) is 0. The summed E-state index contributed by atoms with van der Waals surface area (Å²) in [7, 11) is 0. The summed E-state index contributed by atoms with van der Waals surface area (Å²) in [6.45, 7) is 1.97. The van der Waals surface area contributed by atoms with Gasteiger partial charge in [0.25, 0.3) is 0 Å². The zero-order chi connectivity index (χ0) is 12.5. The maximum Gasteiger partial charge on any atom is 0.154 e. The first-order chi connectivity index (χ1) is 8.79. The molecular formula is C14H12ClN3. The standard InChI is InChI=1S/C14H12ClN3/c1-10-11(8-15)6-7-14(17-10)18-13-5-3-2-4-12(13)9-16-18/h2-7,9H,8H2,1H3. The van der Waals surface area contributed by atoms with Gasteiger partial charge in [-0.05, 0) is 24.6 Å². The third-order valence-corrected chi connectivity index (χ3v) is 3.31. The Morgan fingerprint density at radius 1 is 1.17 bits per heavy atom. The minimum Gasteiger partial charge on any atom is -0.234 e. The van der Waals surface area contributed by atoms with E-state index in [-0.39, 0.29) is 0 Å². The number of rotatable bonds is 2. The van der Waals surface area contributed by atoms with E-state index in [1.54, 1.807) is 0 Å². The number of aryl methyl sites for hydroxylation is 1. The smallest absolute Gasteiger partial charge is 0.154 e. The van der Waals surface area contributed by atoms with Gasteiger partial charge in [-0.2, -0.15) is 5.10 Å². The van der Waals surface area contributed by atoms with Crippen LogP contribution in [0.25, 0.3) is 16.7 Å². The molecule has 0 aliphatic carbocycles. The van der Waals surface area contributed by atoms with E-state index in [9.17, 15) is 0 Å². The SMILES string of the molecule is Cc1nc(-n2ncc3ccccc32)ccc1CCl. The second kappa shape index (κ2) is 4.42. The Labute approximate surface area is 110 Å². The van der Waals surface area contributed by atoms with Crippen molar-refractivity contribution in [3.8, 4) is 5.82 Å². The summed E-state index contributed by atoms with van der Waals surface area (Å²) in [6, 6.07) is 12.0. The monoisotopic (exact) mass is 257 g/mol. The first-order valence-electron chi connectivity index (χ1n) is 5.75. The molecule has 1 aromatic carbocycles. The molecule has 2 heterocycles. The molecule has 0 aliphatic rings. The summed E-state index contributed by atoms with van der Waals surface area (Å²) < 4.78 is 1.85. The Kier molecular flexibility index (Phi) is 2.76. The summed E-state index contributed by atoms with van der Waals surface area (Å²) in [5.74, 6) is 1.31. The van der Waals surface area contributed by atoms with Gasteiger partial charge >= 0.3 is 0 Å². The van der Waals surface area contributed by atoms with Crippen molar-refractivity contribution in [2.45, 2.75) is 12.8 Å². The van der Waals surface area contributed by atoms with Gasteiger partial charge in [0.15, 0.2) is 5.82 Å². The summed E-state index contributed by atoms with van der Waals surface area (Å²) >= 11 is 5.84. The summed E-state index contributed by atoms with van der Waals surface area (Å²) in [4.78, 5) is 4.55. The van der Waals surface area contributed by atoms with Gasteiger partial charge in [-0.25, -0.2) is 9.67 Å². The van der Waals surface area contributed by atoms with Crippen LogP contribution in [-0.2, 0) is 5.88 Å². The maximum absolute atomic E-state index is 5.84. The molecule has 0 atom stereocenters. The van der Waals surface area contributed by atoms with Crippen LogP contribution in [0.2, 0.25) is 0 Å². The number of benzene rings is 1. The highest BCUT2D eigenvalue weighted by molar-refractivity contribution is 6.17. The van der Waals surface area contributed by atoms with E-state index in [1.807, 2.05) is 54.2 Å². The molecule has 0 spiro atoms. The number of aromatic nitrogens is 3. The van der Waals surface area contributed by atoms with E-state index in [2.05, 4.69) is 10.1 Å². The molecule has 3 rings (SSSR count). The first kappa shape index (κ1) is 11.2. The van der Waals surface area contributed by atoms with Crippen molar-refractivity contribution in [2.75, 3.05) is 0 Å². The van der Waals surface area contributed by atoms with Gasteiger partial charge in [-0.3, -0.25) is 0 Å². The Balaban J connectivity index is 2.17. The molecule has 0 bridgehead atoms. The van der Waals surface area contributed by atoms with Crippen LogP contribution in [0, 0.1) is 6.92 Å². The van der Waals surface area contributed by atoms with Crippen LogP contribution < -0.4 is 0 Å². The van der Waals surface area contributed by atoms with Gasteiger partial charge in [-0.15, -0.1) is 11.6 Å². The molecule has 3 aromatic rings. The molecule has 2 aromatic heterocycles. The second-order valence-electron chi connectivity index (χ2n) is 4.16. The normalized spacial score (nSPS) is 11.0. The highest BCUT2D eigenvalue weighted by atomic mass is 35.5. The largest absolute Gasteiger partial charge is 0.234 e. The molecule has 0 saturated heterocycles. The van der Waals surface area contributed by atoms with E-state index in [0.29, 0.717) is 5.88 Å². The molecule has 0 amide bonds. The van der Waals surface area contributed by atoms with Crippen LogP contribution in [-0.4, -0.2) is 14.8 Å². The van der Waals surface area contributed by atoms with Crippen molar-refractivity contribution in [1.82, 2.24) is 14.8 Å². The fourth-order valence-corrected chi connectivity index (χ4v) is 2.27. The lowest BCUT2D eigenvalue weighted by Crippen LogP contribution is -2.01. The van der Waals surface area contributed by atoms with Gasteiger partial charge in [-0.1, -0.05) is 24.3 Å². The minimum atomic E-state index is 0.485. The van der Waals surface area contributed by atoms with E-state index in [0.717, 1.165) is 28.0 Å². The lowest BCUT2D eigenvalue weighted by molar-refractivity contribution is 0.864. The number of hydrogen-bond acceptors (Lipinski definition) is 2. The number of fused-ring (bicyclic) bond motifs is 1. The van der Waals surface area contributed by atoms with Crippen LogP contribution >= 0.6 is 11.6 Å². The molecule has 0 radical (unpaired) electrons. The molecule has 3 nitrogen and oxygen atoms in total. The van der Waals surface area contributed by atoms with Crippen LogP contribution in [0.15, 0.2) is 42.6 Å². The van der Waals surface area contributed by atoms with Crippen LogP contribution in [0.3, 0.4) is 0 Å². The Morgan fingerprint density at radius 3 is 2.78 bits per heavy atom. The van der Waals surface area contributed by atoms with Crippen LogP contribution in [0.1, 0.15) is 11.3 Å². The van der Waals surface area contributed by atoms with E-state index >= 15 is 0 Å². The number of nitrogens with zero attached hydrogens (tertiary/aromatic N) is 3. The quantitative estimate of drug-likeness (QED) is 0.658. The number of pyridine rings is 1. The molecular weight excluding hydrogens is 246 g/mol. The fraction of sp³-hybridized carbons (Fsp3) is 0.143. The molecule has 0 fully saturated rings. The third-order valence-electron chi connectivity index (χ3n) is 3.02. The van der Waals surface area contributed by atoms with Crippen molar-refractivity contribution in [3.05, 3.63) is 53.9 Å². The van der Waals surface area contributed by atoms with E-state index < -0.39 is 0 Å². The van der Waals surface area contributed by atoms with E-state index in [4.69, 9.17) is 11.6 Å². The fourth-order valence-electron chi connectivity index (χ4n) is 1.99. The average molecular weight is 258 g/mol. The second-order valence-corrected chi connectivity index (χ2v) is 4.43. The van der Waals surface area contributed by atoms with Crippen LogP contribution in [0.4, 0.5) is 0 Å². The summed E-state index contributed by atoms with van der Waals surface area (Å²) in [5, 5.41) is 5.49. The number of halogens is 1. The summed E-state index contributed by atoms with van der Waals surface area (Å²) in [6.07, 6.45) is 1.85. The van der Waals surface area contributed by atoms with E-state index in [1.165, 1.54) is 0 Å². The highest BCUT2D eigenvalue weighted by Gasteiger charge is 2.07. The highest BCUT2D eigenvalue weighted by Crippen LogP contribution is 2.18. The molecule has 0 unspecified atom stereocenters. The van der Waals surface area contributed by atoms with Crippen molar-refractivity contribution in [1.29, 1.82) is 0 Å². The van der Waals surface area contributed by atoms with Gasteiger partial charge < -0.3 is 0 Å². The molecule has 4 heteroatoms. The van der Waals surface area contributed by atoms with Gasteiger partial charge in [0, 0.05) is 17.0 Å². The van der Waals surface area contributed by atoms with Crippen molar-refractivity contribution in [2.24, 2.45) is 0 Å². The van der Waals surface area contributed by atoms with Crippen LogP contribution in [0.5, 0.6) is 0 Å². The number of para-hydroxylation sites is 1. The molecule has 0 N–H and O–H groups in total. The molecule has 0 saturated carbocycles.